The molecule has 4 aliphatic carbocycles. The van der Waals surface area contributed by atoms with Crippen molar-refractivity contribution in [3.8, 4) is 68.3 Å². The number of nitrogens with one attached hydrogen (secondary N) is 6. The lowest BCUT2D eigenvalue weighted by atomic mass is 9.77. The van der Waals surface area contributed by atoms with Gasteiger partial charge in [0.15, 0.2) is 68.8 Å². The van der Waals surface area contributed by atoms with Crippen molar-refractivity contribution < 1.29 is 33.6 Å². The molecule has 2 aliphatic heterocycles. The number of hydrogen-bond acceptors (Lipinski definition) is 25. The predicted octanol–water partition coefficient (Wildman–Crippen LogP) is 21.6. The summed E-state index contributed by atoms with van der Waals surface area (Å²) in [5.41, 5.74) is 24.0. The van der Waals surface area contributed by atoms with Crippen LogP contribution in [0.5, 0.6) is 0 Å². The molecule has 0 atom stereocenters. The maximum Gasteiger partial charge on any atom is 0.168 e. The maximum absolute atomic E-state index is 11.5. The Bertz CT molecular complexity index is 7720. The van der Waals surface area contributed by atoms with Gasteiger partial charge >= 0.3 is 0 Å². The summed E-state index contributed by atoms with van der Waals surface area (Å²) in [5.74, 6) is 7.01. The van der Waals surface area contributed by atoms with Gasteiger partial charge in [-0.3, -0.25) is 26.4 Å². The first-order valence-electron chi connectivity index (χ1n) is 53.2. The molecule has 6 aliphatic rings. The highest BCUT2D eigenvalue weighted by Gasteiger charge is 2.34. The Morgan fingerprint density at radius 1 is 0.333 bits per heavy atom. The SMILES string of the molecule is Cc1cccc(-c2nnc3ccc(NC4CCC(C(C)(C)O)CC4)cn23)c1.Cc1cccc(-c2nnc3ccc(NC4CCC(C)(O)CC4)cn23)c1.Cc1cccc(-c2nnc3ccc(NC4CCC(CO)CC4)cn23)c1.Cc1cccc(-c2nnc3ccc(NC4CCC(O)CC4)cn23)c1.Cc1cccc(-c2nnc3ccc(NC4CCOCC4)cn23)c1.Cc1cccc(-c2nnc3ccc(NCC4CCS(=O)(=O)CC4)cn23)c1. The average Bonchev–Trinajstić information content (AvgIpc) is 1.66. The Morgan fingerprint density at radius 3 is 0.873 bits per heavy atom. The number of aliphatic hydroxyl groups is 4. The fourth-order valence-electron chi connectivity index (χ4n) is 21.2. The van der Waals surface area contributed by atoms with Crippen LogP contribution in [-0.4, -0.2) is 202 Å². The first-order chi connectivity index (χ1) is 72.6. The van der Waals surface area contributed by atoms with Gasteiger partial charge in [0, 0.05) is 127 Å². The number of benzene rings is 6. The summed E-state index contributed by atoms with van der Waals surface area (Å²) in [6, 6.07) is 76.3. The molecule has 0 amide bonds. The van der Waals surface area contributed by atoms with E-state index in [1.807, 2.05) is 113 Å². The fourth-order valence-corrected chi connectivity index (χ4v) is 22.8. The monoisotopic (exact) mass is 2040 g/mol. The number of rotatable bonds is 21. The molecule has 2 saturated heterocycles. The van der Waals surface area contributed by atoms with Crippen LogP contribution in [0.15, 0.2) is 256 Å². The first kappa shape index (κ1) is 104. The van der Waals surface area contributed by atoms with Gasteiger partial charge in [-0.2, -0.15) is 0 Å². The molecule has 150 heavy (non-hydrogen) atoms. The number of pyridine rings is 6. The third-order valence-corrected chi connectivity index (χ3v) is 31.7. The van der Waals surface area contributed by atoms with E-state index in [0.29, 0.717) is 66.1 Å². The molecular weight excluding hydrogens is 1900 g/mol. The van der Waals surface area contributed by atoms with Crippen molar-refractivity contribution in [2.75, 3.05) is 69.8 Å². The lowest BCUT2D eigenvalue weighted by Crippen LogP contribution is -2.37. The van der Waals surface area contributed by atoms with Gasteiger partial charge in [-0.05, 0) is 318 Å². The van der Waals surface area contributed by atoms with E-state index >= 15 is 0 Å². The normalized spacial score (nSPS) is 20.0. The zero-order valence-corrected chi connectivity index (χ0v) is 88.1. The highest BCUT2D eigenvalue weighted by molar-refractivity contribution is 7.91. The number of aryl methyl sites for hydroxylation is 6. The number of ether oxygens (including phenoxy) is 1. The second-order valence-electron chi connectivity index (χ2n) is 42.7. The van der Waals surface area contributed by atoms with Gasteiger partial charge in [-0.1, -0.05) is 143 Å². The molecule has 0 unspecified atom stereocenters. The molecule has 32 heteroatoms. The number of fused-ring (bicyclic) bond motifs is 6. The first-order valence-corrected chi connectivity index (χ1v) is 55.0. The molecule has 31 nitrogen and oxygen atoms in total. The second-order valence-corrected chi connectivity index (χ2v) is 45.0. The molecule has 6 fully saturated rings. The van der Waals surface area contributed by atoms with Crippen LogP contribution < -0.4 is 31.9 Å². The van der Waals surface area contributed by atoms with Crippen LogP contribution >= 0.6 is 0 Å². The van der Waals surface area contributed by atoms with E-state index in [0.717, 1.165) is 285 Å². The van der Waals surface area contributed by atoms with Crippen LogP contribution in [0.2, 0.25) is 0 Å². The Hall–Kier alpha value is -14.4. The summed E-state index contributed by atoms with van der Waals surface area (Å²) in [5, 5.41) is 113. The highest BCUT2D eigenvalue weighted by atomic mass is 32.2. The van der Waals surface area contributed by atoms with Gasteiger partial charge in [-0.15, -0.1) is 61.2 Å². The van der Waals surface area contributed by atoms with Crippen molar-refractivity contribution in [3.63, 3.8) is 0 Å². The van der Waals surface area contributed by atoms with Crippen LogP contribution in [0.1, 0.15) is 183 Å². The molecule has 14 heterocycles. The lowest BCUT2D eigenvalue weighted by Gasteiger charge is -2.36. The number of sulfone groups is 1. The summed E-state index contributed by atoms with van der Waals surface area (Å²) < 4.78 is 40.7. The number of aliphatic hydroxyl groups excluding tert-OH is 2. The third kappa shape index (κ3) is 26.7. The van der Waals surface area contributed by atoms with Gasteiger partial charge in [0.25, 0.3) is 0 Å². The van der Waals surface area contributed by atoms with Crippen molar-refractivity contribution in [1.82, 2.24) is 87.6 Å². The van der Waals surface area contributed by atoms with Crippen molar-refractivity contribution in [3.05, 3.63) is 289 Å². The van der Waals surface area contributed by atoms with Crippen molar-refractivity contribution in [2.24, 2.45) is 17.8 Å². The van der Waals surface area contributed by atoms with Gasteiger partial charge in [0.05, 0.1) is 62.9 Å². The molecule has 0 spiro atoms. The number of aromatic nitrogens is 18. The van der Waals surface area contributed by atoms with E-state index in [2.05, 4.69) is 324 Å². The highest BCUT2D eigenvalue weighted by Crippen LogP contribution is 2.38. The van der Waals surface area contributed by atoms with E-state index in [1.165, 1.54) is 33.4 Å². The van der Waals surface area contributed by atoms with Gasteiger partial charge < -0.3 is 57.1 Å². The number of anilines is 6. The summed E-state index contributed by atoms with van der Waals surface area (Å²) in [7, 11) is -2.81. The van der Waals surface area contributed by atoms with Crippen LogP contribution in [0, 0.1) is 59.3 Å². The molecular formula is C118H140N24O7S. The molecule has 780 valence electrons. The van der Waals surface area contributed by atoms with Crippen LogP contribution in [-0.2, 0) is 14.6 Å². The van der Waals surface area contributed by atoms with E-state index in [-0.39, 0.29) is 6.10 Å². The fraction of sp³-hybridized carbons (Fsp3) is 0.390. The minimum atomic E-state index is -2.81. The van der Waals surface area contributed by atoms with Crippen LogP contribution in [0.3, 0.4) is 0 Å². The van der Waals surface area contributed by atoms with Gasteiger partial charge in [0.2, 0.25) is 0 Å². The number of hydrogen-bond donors (Lipinski definition) is 10. The quantitative estimate of drug-likeness (QED) is 0.0319. The summed E-state index contributed by atoms with van der Waals surface area (Å²) in [6.07, 6.45) is 31.9. The summed E-state index contributed by atoms with van der Waals surface area (Å²) in [4.78, 5) is 0. The van der Waals surface area contributed by atoms with E-state index in [4.69, 9.17) is 4.74 Å². The minimum Gasteiger partial charge on any atom is -0.396 e. The Morgan fingerprint density at radius 2 is 0.593 bits per heavy atom. The molecule has 24 rings (SSSR count). The zero-order chi connectivity index (χ0) is 104. The van der Waals surface area contributed by atoms with Crippen molar-refractivity contribution in [1.29, 1.82) is 0 Å². The predicted molar refractivity (Wildman–Crippen MR) is 597 cm³/mol. The Labute approximate surface area is 876 Å². The molecule has 12 aromatic heterocycles. The molecule has 18 aromatic rings. The van der Waals surface area contributed by atoms with E-state index in [1.54, 1.807) is 0 Å². The topological polar surface area (TPSA) is 378 Å². The second kappa shape index (κ2) is 47.2. The Balaban J connectivity index is 0.000000113. The lowest BCUT2D eigenvalue weighted by molar-refractivity contribution is -0.000415. The minimum absolute atomic E-state index is 0.128. The van der Waals surface area contributed by atoms with E-state index in [9.17, 15) is 28.8 Å². The van der Waals surface area contributed by atoms with Crippen molar-refractivity contribution in [2.45, 2.75) is 238 Å². The molecule has 10 N–H and O–H groups in total. The summed E-state index contributed by atoms with van der Waals surface area (Å²) in [6.45, 7) is 21.0. The van der Waals surface area contributed by atoms with Gasteiger partial charge in [-0.25, -0.2) is 8.42 Å². The largest absolute Gasteiger partial charge is 0.396 e. The van der Waals surface area contributed by atoms with Crippen molar-refractivity contribution >= 4 is 77.8 Å². The smallest absolute Gasteiger partial charge is 0.168 e. The van der Waals surface area contributed by atoms with Gasteiger partial charge in [0.1, 0.15) is 9.84 Å². The van der Waals surface area contributed by atoms with Crippen LogP contribution in [0.25, 0.3) is 102 Å². The summed E-state index contributed by atoms with van der Waals surface area (Å²) >= 11 is 0. The van der Waals surface area contributed by atoms with E-state index < -0.39 is 21.0 Å². The molecule has 4 saturated carbocycles. The third-order valence-electron chi connectivity index (χ3n) is 30.0. The maximum atomic E-state index is 11.5. The molecule has 0 bridgehead atoms. The Kier molecular flexibility index (Phi) is 32.8. The standard InChI is InChI=1S/C22H28N4O.2C20H24N4O.C19H22N4O2S.C19H22N4O.C18H20N4O/c1-15-5-4-6-16(13-15)21-25-24-20-12-11-19(14-26(20)21)23-18-9-7-17(8-10-18)22(2,3)27;1-14-4-3-5-15(12-14)19-23-22-18-7-6-17(13-24(18)19)21-16-8-10-20(2,25)11-9-16;1-14-3-2-4-16(11-14)20-23-22-19-10-9-18(12-24(19)20)21-17-7-5-15(13-25)6-8-17;1-14-3-2-4-16(11-14)19-22-21-18-6-5-17(13-23(18)19)20-12-15-7-9-26(24,25)10-8-15;1-13-3-2-4-14(11-13)19-22-21-18-10-7-16(12-23(18)19)20-15-5-8-17(24)9-6-15;1-13-3-2-4-14(11-13)18-21-20-17-6-5-16(12-22(17)18)19-15-7-9-23-10-8-15/h4-6,11-14,17-18,23,27H,7-10H2,1-3H3;3-7,12-13,16,21,25H,8-11H2,1-2H3;2-4,9-12,15,17,21,25H,5-8,13H2,1H3;2-6,11,13,15,20H,7-10,12H2,1H3;2-4,7,10-12,15,17,20,24H,5-6,8-9H2,1H3;2-6,11-12,15,19H,7-10H2,1H3. The van der Waals surface area contributed by atoms with Crippen LogP contribution in [0.4, 0.5) is 34.1 Å². The molecule has 0 radical (unpaired) electrons. The number of nitrogens with zero attached hydrogens (tertiary/aromatic N) is 18. The molecule has 6 aromatic carbocycles. The zero-order valence-electron chi connectivity index (χ0n) is 87.3. The average molecular weight is 2040 g/mol.